The molecule has 112 valence electrons. The third-order valence-electron chi connectivity index (χ3n) is 3.76. The van der Waals surface area contributed by atoms with E-state index in [1.807, 2.05) is 13.8 Å². The van der Waals surface area contributed by atoms with E-state index in [2.05, 4.69) is 15.3 Å². The highest BCUT2D eigenvalue weighted by atomic mass is 32.1. The van der Waals surface area contributed by atoms with Crippen molar-refractivity contribution >= 4 is 17.2 Å². The summed E-state index contributed by atoms with van der Waals surface area (Å²) in [4.78, 5) is 22.3. The second-order valence-corrected chi connectivity index (χ2v) is 6.42. The van der Waals surface area contributed by atoms with E-state index in [0.717, 1.165) is 17.8 Å². The maximum absolute atomic E-state index is 12.3. The Morgan fingerprint density at radius 3 is 3.05 bits per heavy atom. The summed E-state index contributed by atoms with van der Waals surface area (Å²) in [5.74, 6) is 0.430. The normalized spacial score (nSPS) is 15.5. The van der Waals surface area contributed by atoms with Gasteiger partial charge >= 0.3 is 0 Å². The first-order valence-corrected chi connectivity index (χ1v) is 8.22. The molecular formula is C15H19N3O2S. The third kappa shape index (κ3) is 2.85. The Morgan fingerprint density at radius 2 is 2.29 bits per heavy atom. The molecule has 3 rings (SSSR count). The zero-order chi connectivity index (χ0) is 14.8. The Kier molecular flexibility index (Phi) is 4.05. The molecule has 5 nitrogen and oxygen atoms in total. The summed E-state index contributed by atoms with van der Waals surface area (Å²) in [5.41, 5.74) is 1.60. The van der Waals surface area contributed by atoms with Crippen LogP contribution in [0.25, 0.3) is 0 Å². The first kappa shape index (κ1) is 14.3. The lowest BCUT2D eigenvalue weighted by molar-refractivity contribution is 0.0933. The van der Waals surface area contributed by atoms with Crippen molar-refractivity contribution in [2.75, 3.05) is 0 Å². The van der Waals surface area contributed by atoms with Crippen LogP contribution in [0.4, 0.5) is 0 Å². The van der Waals surface area contributed by atoms with Gasteiger partial charge in [-0.25, -0.2) is 9.97 Å². The number of nitrogens with zero attached hydrogens (tertiary/aromatic N) is 2. The summed E-state index contributed by atoms with van der Waals surface area (Å²) in [7, 11) is 0. The quantitative estimate of drug-likeness (QED) is 0.942. The average Bonchev–Trinajstić information content (AvgIpc) is 3.13. The molecule has 2 aromatic rings. The van der Waals surface area contributed by atoms with Crippen molar-refractivity contribution in [3.8, 4) is 0 Å². The minimum Gasteiger partial charge on any atom is -0.448 e. The Morgan fingerprint density at radius 1 is 1.48 bits per heavy atom. The SMILES string of the molecule is CCc1ocnc1C(=O)N[C@H](C)c1nc2c(s1)CCCC2. The van der Waals surface area contributed by atoms with Gasteiger partial charge in [-0.1, -0.05) is 6.92 Å². The highest BCUT2D eigenvalue weighted by molar-refractivity contribution is 7.11. The van der Waals surface area contributed by atoms with Crippen LogP contribution in [0.2, 0.25) is 0 Å². The summed E-state index contributed by atoms with van der Waals surface area (Å²) in [6.45, 7) is 3.91. The molecule has 0 radical (unpaired) electrons. The van der Waals surface area contributed by atoms with Gasteiger partial charge in [0, 0.05) is 11.3 Å². The number of nitrogens with one attached hydrogen (secondary N) is 1. The lowest BCUT2D eigenvalue weighted by Gasteiger charge is -2.10. The van der Waals surface area contributed by atoms with Gasteiger partial charge in [0.15, 0.2) is 12.1 Å². The zero-order valence-electron chi connectivity index (χ0n) is 12.3. The van der Waals surface area contributed by atoms with Crippen LogP contribution in [0, 0.1) is 0 Å². The van der Waals surface area contributed by atoms with Crippen LogP contribution in [0.5, 0.6) is 0 Å². The van der Waals surface area contributed by atoms with Crippen LogP contribution in [0.3, 0.4) is 0 Å². The molecule has 0 spiro atoms. The molecule has 2 aromatic heterocycles. The van der Waals surface area contributed by atoms with E-state index < -0.39 is 0 Å². The molecule has 1 aliphatic carbocycles. The first-order chi connectivity index (χ1) is 10.2. The van der Waals surface area contributed by atoms with Gasteiger partial charge in [-0.2, -0.15) is 0 Å². The molecule has 0 aliphatic heterocycles. The molecule has 1 atom stereocenters. The largest absolute Gasteiger partial charge is 0.448 e. The Balaban J connectivity index is 1.72. The van der Waals surface area contributed by atoms with Crippen LogP contribution in [0.15, 0.2) is 10.8 Å². The van der Waals surface area contributed by atoms with Gasteiger partial charge in [-0.3, -0.25) is 4.79 Å². The maximum atomic E-state index is 12.3. The fraction of sp³-hybridized carbons (Fsp3) is 0.533. The van der Waals surface area contributed by atoms with Gasteiger partial charge in [0.2, 0.25) is 0 Å². The predicted molar refractivity (Wildman–Crippen MR) is 80.5 cm³/mol. The number of carbonyl (C=O) groups excluding carboxylic acids is 1. The van der Waals surface area contributed by atoms with Crippen molar-refractivity contribution in [3.63, 3.8) is 0 Å². The van der Waals surface area contributed by atoms with Crippen LogP contribution >= 0.6 is 11.3 Å². The molecule has 21 heavy (non-hydrogen) atoms. The molecule has 2 heterocycles. The van der Waals surface area contributed by atoms with Crippen LogP contribution in [-0.2, 0) is 19.3 Å². The van der Waals surface area contributed by atoms with Crippen molar-refractivity contribution in [1.82, 2.24) is 15.3 Å². The smallest absolute Gasteiger partial charge is 0.274 e. The van der Waals surface area contributed by atoms with Crippen molar-refractivity contribution < 1.29 is 9.21 Å². The lowest BCUT2D eigenvalue weighted by Crippen LogP contribution is -2.27. The topological polar surface area (TPSA) is 68.0 Å². The Labute approximate surface area is 127 Å². The van der Waals surface area contributed by atoms with Crippen molar-refractivity contribution in [2.45, 2.75) is 52.0 Å². The second-order valence-electron chi connectivity index (χ2n) is 5.30. The molecule has 0 fully saturated rings. The maximum Gasteiger partial charge on any atom is 0.274 e. The molecule has 0 unspecified atom stereocenters. The minimum atomic E-state index is -0.193. The van der Waals surface area contributed by atoms with Gasteiger partial charge < -0.3 is 9.73 Å². The van der Waals surface area contributed by atoms with Gasteiger partial charge in [0.25, 0.3) is 5.91 Å². The number of aromatic nitrogens is 2. The molecule has 6 heteroatoms. The minimum absolute atomic E-state index is 0.102. The van der Waals surface area contributed by atoms with Gasteiger partial charge in [0.05, 0.1) is 11.7 Å². The van der Waals surface area contributed by atoms with Crippen LogP contribution in [-0.4, -0.2) is 15.9 Å². The monoisotopic (exact) mass is 305 g/mol. The van der Waals surface area contributed by atoms with E-state index in [4.69, 9.17) is 4.42 Å². The number of hydrogen-bond acceptors (Lipinski definition) is 5. The van der Waals surface area contributed by atoms with Crippen LogP contribution < -0.4 is 5.32 Å². The molecule has 0 aromatic carbocycles. The predicted octanol–water partition coefficient (Wildman–Crippen LogP) is 3.06. The van der Waals surface area contributed by atoms with Crippen LogP contribution in [0.1, 0.15) is 64.6 Å². The number of rotatable bonds is 4. The summed E-state index contributed by atoms with van der Waals surface area (Å²) in [5, 5.41) is 3.95. The molecule has 1 amide bonds. The molecule has 1 N–H and O–H groups in total. The fourth-order valence-electron chi connectivity index (χ4n) is 2.59. The highest BCUT2D eigenvalue weighted by Gasteiger charge is 2.22. The van der Waals surface area contributed by atoms with E-state index in [9.17, 15) is 4.79 Å². The van der Waals surface area contributed by atoms with Gasteiger partial charge in [-0.15, -0.1) is 11.3 Å². The summed E-state index contributed by atoms with van der Waals surface area (Å²) >= 11 is 1.72. The van der Waals surface area contributed by atoms with Gasteiger partial charge in [0.1, 0.15) is 10.8 Å². The number of fused-ring (bicyclic) bond motifs is 1. The highest BCUT2D eigenvalue weighted by Crippen LogP contribution is 2.29. The number of aryl methyl sites for hydroxylation is 3. The number of carbonyl (C=O) groups is 1. The lowest BCUT2D eigenvalue weighted by atomic mass is 10.0. The first-order valence-electron chi connectivity index (χ1n) is 7.40. The number of hydrogen-bond donors (Lipinski definition) is 1. The van der Waals surface area contributed by atoms with E-state index in [1.165, 1.54) is 29.8 Å². The molecule has 0 saturated heterocycles. The van der Waals surface area contributed by atoms with Crippen molar-refractivity contribution in [3.05, 3.63) is 33.4 Å². The van der Waals surface area contributed by atoms with Gasteiger partial charge in [-0.05, 0) is 32.6 Å². The Hall–Kier alpha value is -1.69. The standard InChI is InChI=1S/C15H19N3O2S/c1-3-11-13(16-8-20-11)14(19)17-9(2)15-18-10-6-4-5-7-12(10)21-15/h8-9H,3-7H2,1-2H3,(H,17,19)/t9-/m1/s1. The second kappa shape index (κ2) is 5.97. The summed E-state index contributed by atoms with van der Waals surface area (Å²) < 4.78 is 5.20. The molecule has 0 bridgehead atoms. The third-order valence-corrected chi connectivity index (χ3v) is 5.10. The van der Waals surface area contributed by atoms with Crippen molar-refractivity contribution in [2.24, 2.45) is 0 Å². The van der Waals surface area contributed by atoms with E-state index in [-0.39, 0.29) is 11.9 Å². The summed E-state index contributed by atoms with van der Waals surface area (Å²) in [6.07, 6.45) is 6.62. The number of amides is 1. The van der Waals surface area contributed by atoms with E-state index in [1.54, 1.807) is 11.3 Å². The zero-order valence-corrected chi connectivity index (χ0v) is 13.1. The Bertz CT molecular complexity index is 624. The van der Waals surface area contributed by atoms with E-state index in [0.29, 0.717) is 17.9 Å². The molecular weight excluding hydrogens is 286 g/mol. The number of oxazole rings is 1. The fourth-order valence-corrected chi connectivity index (χ4v) is 3.75. The summed E-state index contributed by atoms with van der Waals surface area (Å²) in [6, 6.07) is -0.102. The molecule has 0 saturated carbocycles. The van der Waals surface area contributed by atoms with Crippen molar-refractivity contribution in [1.29, 1.82) is 0 Å². The number of thiazole rings is 1. The molecule has 1 aliphatic rings. The average molecular weight is 305 g/mol. The van der Waals surface area contributed by atoms with E-state index >= 15 is 0 Å².